The highest BCUT2D eigenvalue weighted by molar-refractivity contribution is 6.05. The first-order chi connectivity index (χ1) is 15.1. The molecule has 0 aliphatic carbocycles. The lowest BCUT2D eigenvalue weighted by atomic mass is 10.0. The fourth-order valence-corrected chi connectivity index (χ4v) is 3.62. The Morgan fingerprint density at radius 1 is 0.968 bits per heavy atom. The minimum Gasteiger partial charge on any atom is -0.457 e. The molecular formula is C25H24N2O4. The van der Waals surface area contributed by atoms with Gasteiger partial charge in [-0.25, -0.2) is 0 Å². The maximum absolute atomic E-state index is 12.7. The number of aryl methyl sites for hydroxylation is 1. The molecule has 0 saturated carbocycles. The van der Waals surface area contributed by atoms with Crippen LogP contribution in [0.5, 0.6) is 11.5 Å². The van der Waals surface area contributed by atoms with Gasteiger partial charge >= 0.3 is 0 Å². The summed E-state index contributed by atoms with van der Waals surface area (Å²) < 4.78 is 10.8. The number of anilines is 2. The van der Waals surface area contributed by atoms with E-state index < -0.39 is 0 Å². The first-order valence-corrected chi connectivity index (χ1v) is 10.2. The van der Waals surface area contributed by atoms with Crippen LogP contribution in [0.15, 0.2) is 72.8 Å². The third-order valence-corrected chi connectivity index (χ3v) is 5.13. The molecule has 6 heteroatoms. The third kappa shape index (κ3) is 4.92. The maximum Gasteiger partial charge on any atom is 0.255 e. The van der Waals surface area contributed by atoms with Gasteiger partial charge in [0.15, 0.2) is 0 Å². The molecule has 0 aromatic heterocycles. The van der Waals surface area contributed by atoms with E-state index >= 15 is 0 Å². The van der Waals surface area contributed by atoms with Crippen molar-refractivity contribution in [1.29, 1.82) is 0 Å². The van der Waals surface area contributed by atoms with Crippen molar-refractivity contribution < 1.29 is 19.1 Å². The molecule has 4 rings (SSSR count). The monoisotopic (exact) mass is 416 g/mol. The normalized spacial score (nSPS) is 12.7. The highest BCUT2D eigenvalue weighted by Crippen LogP contribution is 2.30. The number of ether oxygens (including phenoxy) is 2. The molecule has 1 N–H and O–H groups in total. The van der Waals surface area contributed by atoms with Crippen LogP contribution >= 0.6 is 0 Å². The summed E-state index contributed by atoms with van der Waals surface area (Å²) in [6.45, 7) is 0.683. The molecular weight excluding hydrogens is 392 g/mol. The zero-order valence-corrected chi connectivity index (χ0v) is 17.3. The summed E-state index contributed by atoms with van der Waals surface area (Å²) >= 11 is 0. The summed E-state index contributed by atoms with van der Waals surface area (Å²) in [5.74, 6) is 1.09. The van der Waals surface area contributed by atoms with Crippen LogP contribution in [0.2, 0.25) is 0 Å². The second kappa shape index (κ2) is 9.45. The number of para-hydroxylation sites is 1. The molecule has 6 nitrogen and oxygen atoms in total. The molecule has 3 aromatic rings. The Labute approximate surface area is 181 Å². The molecule has 31 heavy (non-hydrogen) atoms. The van der Waals surface area contributed by atoms with E-state index in [1.165, 1.54) is 7.11 Å². The summed E-state index contributed by atoms with van der Waals surface area (Å²) in [6.07, 6.45) is 1.81. The molecule has 158 valence electrons. The van der Waals surface area contributed by atoms with Gasteiger partial charge in [0.1, 0.15) is 18.1 Å². The minimum absolute atomic E-state index is 0.0351. The standard InChI is InChI=1S/C25H24N2O4/c1-30-17-24(28)27-15-5-6-18-9-12-20(16-23(18)27)26-25(29)19-10-13-22(14-11-19)31-21-7-3-2-4-8-21/h2-4,7-14,16H,5-6,15,17H2,1H3,(H,26,29). The molecule has 0 spiro atoms. The van der Waals surface area contributed by atoms with Crippen molar-refractivity contribution in [3.05, 3.63) is 83.9 Å². The molecule has 3 aromatic carbocycles. The van der Waals surface area contributed by atoms with E-state index in [2.05, 4.69) is 5.32 Å². The molecule has 1 aliphatic heterocycles. The van der Waals surface area contributed by atoms with Crippen LogP contribution in [0.4, 0.5) is 11.4 Å². The van der Waals surface area contributed by atoms with Gasteiger partial charge < -0.3 is 19.7 Å². The van der Waals surface area contributed by atoms with E-state index in [0.717, 1.165) is 29.8 Å². The van der Waals surface area contributed by atoms with Gasteiger partial charge in [0.05, 0.1) is 0 Å². The molecule has 0 unspecified atom stereocenters. The SMILES string of the molecule is COCC(=O)N1CCCc2ccc(NC(=O)c3ccc(Oc4ccccc4)cc3)cc21. The Morgan fingerprint density at radius 3 is 2.45 bits per heavy atom. The van der Waals surface area contributed by atoms with Crippen molar-refractivity contribution in [2.75, 3.05) is 30.5 Å². The summed E-state index contributed by atoms with van der Waals surface area (Å²) in [7, 11) is 1.51. The number of hydrogen-bond donors (Lipinski definition) is 1. The van der Waals surface area contributed by atoms with Crippen LogP contribution in [-0.4, -0.2) is 32.1 Å². The van der Waals surface area contributed by atoms with Gasteiger partial charge in [-0.15, -0.1) is 0 Å². The van der Waals surface area contributed by atoms with Gasteiger partial charge in [-0.2, -0.15) is 0 Å². The summed E-state index contributed by atoms with van der Waals surface area (Å²) in [5.41, 5.74) is 3.09. The third-order valence-electron chi connectivity index (χ3n) is 5.13. The van der Waals surface area contributed by atoms with E-state index in [-0.39, 0.29) is 18.4 Å². The number of hydrogen-bond acceptors (Lipinski definition) is 4. The van der Waals surface area contributed by atoms with Gasteiger partial charge in [-0.1, -0.05) is 24.3 Å². The number of nitrogens with zero attached hydrogens (tertiary/aromatic N) is 1. The largest absolute Gasteiger partial charge is 0.457 e. The van der Waals surface area contributed by atoms with Crippen molar-refractivity contribution in [2.45, 2.75) is 12.8 Å². The molecule has 0 fully saturated rings. The van der Waals surface area contributed by atoms with Crippen LogP contribution in [0.3, 0.4) is 0 Å². The quantitative estimate of drug-likeness (QED) is 0.635. The van der Waals surface area contributed by atoms with Crippen LogP contribution in [0.25, 0.3) is 0 Å². The van der Waals surface area contributed by atoms with Crippen LogP contribution in [0, 0.1) is 0 Å². The van der Waals surface area contributed by atoms with E-state index in [1.54, 1.807) is 29.2 Å². The zero-order chi connectivity index (χ0) is 21.6. The predicted octanol–water partition coefficient (Wildman–Crippen LogP) is 4.66. The minimum atomic E-state index is -0.225. The Morgan fingerprint density at radius 2 is 1.71 bits per heavy atom. The second-order valence-electron chi connectivity index (χ2n) is 7.32. The lowest BCUT2D eigenvalue weighted by Gasteiger charge is -2.29. The molecule has 0 radical (unpaired) electrons. The number of methoxy groups -OCH3 is 1. The van der Waals surface area contributed by atoms with Crippen molar-refractivity contribution in [1.82, 2.24) is 0 Å². The molecule has 1 aliphatic rings. The number of rotatable bonds is 6. The van der Waals surface area contributed by atoms with Crippen LogP contribution in [0.1, 0.15) is 22.3 Å². The van der Waals surface area contributed by atoms with Crippen LogP contribution < -0.4 is 15.0 Å². The number of fused-ring (bicyclic) bond motifs is 1. The molecule has 0 saturated heterocycles. The first-order valence-electron chi connectivity index (χ1n) is 10.2. The van der Waals surface area contributed by atoms with E-state index in [9.17, 15) is 9.59 Å². The van der Waals surface area contributed by atoms with Gasteiger partial charge in [0.2, 0.25) is 0 Å². The highest BCUT2D eigenvalue weighted by Gasteiger charge is 2.23. The van der Waals surface area contributed by atoms with Gasteiger partial charge in [0.25, 0.3) is 11.8 Å². The van der Waals surface area contributed by atoms with Gasteiger partial charge in [-0.05, 0) is 66.9 Å². The Bertz CT molecular complexity index is 1060. The number of amides is 2. The van der Waals surface area contributed by atoms with Crippen molar-refractivity contribution in [3.63, 3.8) is 0 Å². The van der Waals surface area contributed by atoms with Gasteiger partial charge in [0, 0.05) is 30.6 Å². The van der Waals surface area contributed by atoms with Crippen molar-refractivity contribution in [3.8, 4) is 11.5 Å². The first kappa shape index (κ1) is 20.6. The fourth-order valence-electron chi connectivity index (χ4n) is 3.62. The van der Waals surface area contributed by atoms with Crippen molar-refractivity contribution >= 4 is 23.2 Å². The molecule has 1 heterocycles. The highest BCUT2D eigenvalue weighted by atomic mass is 16.5. The predicted molar refractivity (Wildman–Crippen MR) is 120 cm³/mol. The summed E-state index contributed by atoms with van der Waals surface area (Å²) in [4.78, 5) is 26.8. The number of benzene rings is 3. The summed E-state index contributed by atoms with van der Waals surface area (Å²) in [5, 5.41) is 2.92. The number of carbonyl (C=O) groups is 2. The smallest absolute Gasteiger partial charge is 0.255 e. The van der Waals surface area contributed by atoms with Crippen LogP contribution in [-0.2, 0) is 16.0 Å². The van der Waals surface area contributed by atoms with E-state index in [4.69, 9.17) is 9.47 Å². The van der Waals surface area contributed by atoms with E-state index in [0.29, 0.717) is 23.5 Å². The summed E-state index contributed by atoms with van der Waals surface area (Å²) in [6, 6.07) is 22.1. The second-order valence-corrected chi connectivity index (χ2v) is 7.32. The molecule has 0 bridgehead atoms. The maximum atomic E-state index is 12.7. The Hall–Kier alpha value is -3.64. The zero-order valence-electron chi connectivity index (χ0n) is 17.3. The fraction of sp³-hybridized carbons (Fsp3) is 0.200. The average molecular weight is 416 g/mol. The lowest BCUT2D eigenvalue weighted by molar-refractivity contribution is -0.122. The lowest BCUT2D eigenvalue weighted by Crippen LogP contribution is -2.37. The van der Waals surface area contributed by atoms with E-state index in [1.807, 2.05) is 48.5 Å². The molecule has 0 atom stereocenters. The average Bonchev–Trinajstić information content (AvgIpc) is 2.80. The van der Waals surface area contributed by atoms with Crippen molar-refractivity contribution in [2.24, 2.45) is 0 Å². The Balaban J connectivity index is 1.46. The number of nitrogens with one attached hydrogen (secondary N) is 1. The Kier molecular flexibility index (Phi) is 6.29. The van der Waals surface area contributed by atoms with Gasteiger partial charge in [-0.3, -0.25) is 9.59 Å². The molecule has 2 amide bonds. The number of carbonyl (C=O) groups excluding carboxylic acids is 2. The topological polar surface area (TPSA) is 67.9 Å².